The van der Waals surface area contributed by atoms with E-state index in [4.69, 9.17) is 6.42 Å². The van der Waals surface area contributed by atoms with Crippen LogP contribution in [0.2, 0.25) is 0 Å². The molecule has 0 nitrogen and oxygen atoms in total. The minimum Gasteiger partial charge on any atom is -0.107 e. The van der Waals surface area contributed by atoms with Gasteiger partial charge in [-0.1, -0.05) is 12.8 Å². The molecule has 7 heavy (non-hydrogen) atoms. The maximum Gasteiger partial charge on any atom is 0.0131 e. The van der Waals surface area contributed by atoms with Gasteiger partial charge in [0.2, 0.25) is 0 Å². The van der Waals surface area contributed by atoms with Crippen molar-refractivity contribution in [1.82, 2.24) is 0 Å². The summed E-state index contributed by atoms with van der Waals surface area (Å²) in [6, 6.07) is 0. The molecule has 0 fully saturated rings. The molecule has 0 unspecified atom stereocenters. The molecule has 36 valence electrons. The topological polar surface area (TPSA) is 0 Å². The lowest BCUT2D eigenvalue weighted by molar-refractivity contribution is 1.28. The monoisotopic (exact) mass is 110 g/mol. The highest BCUT2D eigenvalue weighted by Gasteiger charge is 1.60. The van der Waals surface area contributed by atoms with Gasteiger partial charge in [0.1, 0.15) is 0 Å². The Morgan fingerprint density at radius 1 is 1.71 bits per heavy atom. The molecule has 0 saturated carbocycles. The first-order chi connectivity index (χ1) is 3.41. The molecule has 0 spiro atoms. The molecule has 0 saturated heterocycles. The zero-order chi connectivity index (χ0) is 5.54. The van der Waals surface area contributed by atoms with Crippen molar-refractivity contribution in [3.8, 4) is 22.8 Å². The predicted molar refractivity (Wildman–Crippen MR) is 34.5 cm³/mol. The molecule has 0 amide bonds. The molecule has 0 aromatic carbocycles. The third-order valence-electron chi connectivity index (χ3n) is 0.359. The zero-order valence-electron chi connectivity index (χ0n) is 4.19. The van der Waals surface area contributed by atoms with Crippen LogP contribution in [0.4, 0.5) is 0 Å². The summed E-state index contributed by atoms with van der Waals surface area (Å²) in [6.45, 7) is 1.99. The molecule has 0 aliphatic carbocycles. The summed E-state index contributed by atoms with van der Waals surface area (Å²) in [5.41, 5.74) is 0. The first kappa shape index (κ1) is 6.47. The van der Waals surface area contributed by atoms with Crippen LogP contribution in [0.5, 0.6) is 0 Å². The van der Waals surface area contributed by atoms with Crippen molar-refractivity contribution in [3.63, 3.8) is 0 Å². The van der Waals surface area contributed by atoms with Crippen molar-refractivity contribution in [2.45, 2.75) is 13.3 Å². The van der Waals surface area contributed by atoms with Crippen LogP contribution < -0.4 is 0 Å². The maximum absolute atomic E-state index is 4.88. The van der Waals surface area contributed by atoms with E-state index < -0.39 is 0 Å². The van der Waals surface area contributed by atoms with Gasteiger partial charge in [-0.25, -0.2) is 0 Å². The summed E-state index contributed by atoms with van der Waals surface area (Å²) in [6.07, 6.45) is 5.76. The lowest BCUT2D eigenvalue weighted by Crippen LogP contribution is -1.47. The van der Waals surface area contributed by atoms with Crippen LogP contribution in [0, 0.1) is 22.8 Å². The van der Waals surface area contributed by atoms with Gasteiger partial charge in [0.25, 0.3) is 0 Å². The number of thioether (sulfide) groups is 1. The summed E-state index contributed by atoms with van der Waals surface area (Å²) in [4.78, 5) is 0. The highest BCUT2D eigenvalue weighted by atomic mass is 32.2. The van der Waals surface area contributed by atoms with Crippen LogP contribution in [0.1, 0.15) is 13.3 Å². The first-order valence-electron chi connectivity index (χ1n) is 2.01. The molecule has 0 aliphatic heterocycles. The molecule has 0 aromatic heterocycles. The van der Waals surface area contributed by atoms with Gasteiger partial charge in [0, 0.05) is 18.2 Å². The summed E-state index contributed by atoms with van der Waals surface area (Å²) in [5.74, 6) is 2.82. The fourth-order valence-corrected chi connectivity index (χ4v) is 0.413. The lowest BCUT2D eigenvalue weighted by atomic mass is 10.5. The highest BCUT2D eigenvalue weighted by molar-refractivity contribution is 8.08. The Morgan fingerprint density at radius 3 is 2.86 bits per heavy atom. The first-order valence-corrected chi connectivity index (χ1v) is 2.82. The van der Waals surface area contributed by atoms with Crippen LogP contribution in [-0.2, 0) is 0 Å². The Kier molecular flexibility index (Phi) is 5.06. The molecule has 0 aromatic rings. The summed E-state index contributed by atoms with van der Waals surface area (Å²) in [5, 5.41) is 5.06. The van der Waals surface area contributed by atoms with E-state index in [2.05, 4.69) is 16.4 Å². The molecule has 0 radical (unpaired) electrons. The van der Waals surface area contributed by atoms with E-state index in [-0.39, 0.29) is 0 Å². The summed E-state index contributed by atoms with van der Waals surface area (Å²) in [7, 11) is 0. The minimum absolute atomic E-state index is 0.884. The largest absolute Gasteiger partial charge is 0.107 e. The highest BCUT2D eigenvalue weighted by Crippen LogP contribution is 1.88. The molecule has 0 atom stereocenters. The molecular formula is C6H6S. The minimum atomic E-state index is 0.884. The molecule has 0 N–H and O–H groups in total. The van der Waals surface area contributed by atoms with E-state index in [0.717, 1.165) is 6.42 Å². The third kappa shape index (κ3) is 5.47. The Bertz CT molecular complexity index is 119. The van der Waals surface area contributed by atoms with Crippen LogP contribution >= 0.6 is 11.8 Å². The second kappa shape index (κ2) is 5.47. The molecule has 0 bridgehead atoms. The maximum atomic E-state index is 4.88. The fraction of sp³-hybridized carbons (Fsp3) is 0.333. The number of hydrogen-bond acceptors (Lipinski definition) is 1. The van der Waals surface area contributed by atoms with E-state index in [1.807, 2.05) is 6.92 Å². The molecule has 0 rings (SSSR count). The molecule has 0 aliphatic rings. The summed E-state index contributed by atoms with van der Waals surface area (Å²) < 4.78 is 0. The van der Waals surface area contributed by atoms with Gasteiger partial charge in [0.05, 0.1) is 0 Å². The van der Waals surface area contributed by atoms with Crippen molar-refractivity contribution < 1.29 is 0 Å². The van der Waals surface area contributed by atoms with Gasteiger partial charge in [-0.15, -0.1) is 6.42 Å². The van der Waals surface area contributed by atoms with Crippen molar-refractivity contribution in [3.05, 3.63) is 0 Å². The summed E-state index contributed by atoms with van der Waals surface area (Å²) >= 11 is 1.20. The second-order valence-electron chi connectivity index (χ2n) is 0.852. The van der Waals surface area contributed by atoms with Gasteiger partial charge in [-0.05, 0) is 10.5 Å². The zero-order valence-corrected chi connectivity index (χ0v) is 5.01. The predicted octanol–water partition coefficient (Wildman–Crippen LogP) is 1.68. The Morgan fingerprint density at radius 2 is 2.43 bits per heavy atom. The van der Waals surface area contributed by atoms with E-state index in [0.29, 0.717) is 0 Å². The average molecular weight is 110 g/mol. The lowest BCUT2D eigenvalue weighted by Gasteiger charge is -1.65. The van der Waals surface area contributed by atoms with Gasteiger partial charge < -0.3 is 0 Å². The fourth-order valence-electron chi connectivity index (χ4n) is 0.138. The van der Waals surface area contributed by atoms with Crippen LogP contribution in [0.3, 0.4) is 0 Å². The third-order valence-corrected chi connectivity index (χ3v) is 0.723. The van der Waals surface area contributed by atoms with Crippen LogP contribution in [0.15, 0.2) is 0 Å². The molecule has 1 heteroatoms. The average Bonchev–Trinajstić information content (AvgIpc) is 1.69. The Balaban J connectivity index is 3.12. The smallest absolute Gasteiger partial charge is 0.0131 e. The van der Waals surface area contributed by atoms with Crippen molar-refractivity contribution in [2.24, 2.45) is 0 Å². The van der Waals surface area contributed by atoms with Gasteiger partial charge >= 0.3 is 0 Å². The second-order valence-corrected chi connectivity index (χ2v) is 1.50. The van der Waals surface area contributed by atoms with E-state index in [9.17, 15) is 0 Å². The van der Waals surface area contributed by atoms with Crippen LogP contribution in [-0.4, -0.2) is 0 Å². The van der Waals surface area contributed by atoms with Crippen molar-refractivity contribution in [1.29, 1.82) is 0 Å². The van der Waals surface area contributed by atoms with E-state index >= 15 is 0 Å². The normalized spacial score (nSPS) is 5.71. The standard InChI is InChI=1S/C6H6S/c1-3-5-6-7-4-2/h2H,3H2,1H3. The molecular weight excluding hydrogens is 104 g/mol. The van der Waals surface area contributed by atoms with Gasteiger partial charge in [-0.2, -0.15) is 0 Å². The molecule has 0 heterocycles. The number of rotatable bonds is 0. The van der Waals surface area contributed by atoms with Crippen LogP contribution in [0.25, 0.3) is 0 Å². The van der Waals surface area contributed by atoms with E-state index in [1.54, 1.807) is 0 Å². The Hall–Kier alpha value is -0.530. The van der Waals surface area contributed by atoms with Crippen molar-refractivity contribution in [2.75, 3.05) is 0 Å². The van der Waals surface area contributed by atoms with E-state index in [1.165, 1.54) is 11.8 Å². The number of hydrogen-bond donors (Lipinski definition) is 0. The SMILES string of the molecule is C#CSC#CCC. The Labute approximate surface area is 48.7 Å². The van der Waals surface area contributed by atoms with Gasteiger partial charge in [-0.3, -0.25) is 0 Å². The van der Waals surface area contributed by atoms with Gasteiger partial charge in [0.15, 0.2) is 0 Å². The number of terminal acetylenes is 1. The van der Waals surface area contributed by atoms with Crippen molar-refractivity contribution >= 4 is 11.8 Å². The quantitative estimate of drug-likeness (QED) is 0.427.